The number of carbonyl (C=O) groups is 1. The summed E-state index contributed by atoms with van der Waals surface area (Å²) in [6.45, 7) is 1.96. The summed E-state index contributed by atoms with van der Waals surface area (Å²) in [6.07, 6.45) is 3.31. The van der Waals surface area contributed by atoms with Crippen molar-refractivity contribution in [1.29, 1.82) is 0 Å². The SMILES string of the molecule is CC(NC(=O)c1cnn(-c2ccccc2)c1)c1cccc(Br)c1. The van der Waals surface area contributed by atoms with Gasteiger partial charge in [-0.15, -0.1) is 0 Å². The second-order valence-electron chi connectivity index (χ2n) is 5.26. The van der Waals surface area contributed by atoms with E-state index in [0.29, 0.717) is 5.56 Å². The van der Waals surface area contributed by atoms with Crippen LogP contribution in [0.25, 0.3) is 5.69 Å². The van der Waals surface area contributed by atoms with Gasteiger partial charge in [0.05, 0.1) is 23.5 Å². The molecule has 0 aliphatic heterocycles. The Bertz CT molecular complexity index is 814. The Morgan fingerprint density at radius 3 is 2.70 bits per heavy atom. The molecular weight excluding hydrogens is 354 g/mol. The van der Waals surface area contributed by atoms with Gasteiger partial charge in [-0.1, -0.05) is 46.3 Å². The van der Waals surface area contributed by atoms with Crippen LogP contribution >= 0.6 is 15.9 Å². The average molecular weight is 370 g/mol. The van der Waals surface area contributed by atoms with Crippen LogP contribution in [0.4, 0.5) is 0 Å². The summed E-state index contributed by atoms with van der Waals surface area (Å²) in [7, 11) is 0. The van der Waals surface area contributed by atoms with Crippen molar-refractivity contribution in [1.82, 2.24) is 15.1 Å². The van der Waals surface area contributed by atoms with Crippen LogP contribution in [-0.4, -0.2) is 15.7 Å². The van der Waals surface area contributed by atoms with Crippen LogP contribution in [0.15, 0.2) is 71.5 Å². The molecular formula is C18H16BrN3O. The molecule has 0 aliphatic carbocycles. The molecule has 0 radical (unpaired) electrons. The molecule has 5 heteroatoms. The van der Waals surface area contributed by atoms with Crippen molar-refractivity contribution in [2.45, 2.75) is 13.0 Å². The molecule has 23 heavy (non-hydrogen) atoms. The van der Waals surface area contributed by atoms with Gasteiger partial charge in [-0.25, -0.2) is 4.68 Å². The molecule has 116 valence electrons. The lowest BCUT2D eigenvalue weighted by Crippen LogP contribution is -2.26. The predicted octanol–water partition coefficient (Wildman–Crippen LogP) is 4.13. The number of hydrogen-bond donors (Lipinski definition) is 1. The highest BCUT2D eigenvalue weighted by atomic mass is 79.9. The summed E-state index contributed by atoms with van der Waals surface area (Å²) in [4.78, 5) is 12.4. The second kappa shape index (κ2) is 6.79. The van der Waals surface area contributed by atoms with Crippen LogP contribution in [-0.2, 0) is 0 Å². The molecule has 3 rings (SSSR count). The van der Waals surface area contributed by atoms with Gasteiger partial charge in [-0.3, -0.25) is 4.79 Å². The van der Waals surface area contributed by atoms with E-state index >= 15 is 0 Å². The Labute approximate surface area is 143 Å². The van der Waals surface area contributed by atoms with Crippen molar-refractivity contribution >= 4 is 21.8 Å². The summed E-state index contributed by atoms with van der Waals surface area (Å²) in [6, 6.07) is 17.5. The van der Waals surface area contributed by atoms with E-state index in [1.165, 1.54) is 0 Å². The van der Waals surface area contributed by atoms with Crippen molar-refractivity contribution < 1.29 is 4.79 Å². The minimum absolute atomic E-state index is 0.0833. The summed E-state index contributed by atoms with van der Waals surface area (Å²) in [5.74, 6) is -0.139. The Balaban J connectivity index is 1.73. The van der Waals surface area contributed by atoms with Gasteiger partial charge in [0, 0.05) is 10.7 Å². The Morgan fingerprint density at radius 1 is 1.17 bits per heavy atom. The monoisotopic (exact) mass is 369 g/mol. The molecule has 0 saturated carbocycles. The number of nitrogens with one attached hydrogen (secondary N) is 1. The Kier molecular flexibility index (Phi) is 4.57. The molecule has 0 fully saturated rings. The molecule has 1 unspecified atom stereocenters. The molecule has 4 nitrogen and oxygen atoms in total. The average Bonchev–Trinajstić information content (AvgIpc) is 3.06. The van der Waals surface area contributed by atoms with E-state index in [1.807, 2.05) is 61.5 Å². The van der Waals surface area contributed by atoms with E-state index in [9.17, 15) is 4.79 Å². The van der Waals surface area contributed by atoms with Crippen LogP contribution in [0.3, 0.4) is 0 Å². The fourth-order valence-electron chi connectivity index (χ4n) is 2.30. The van der Waals surface area contributed by atoms with Crippen LogP contribution in [0.1, 0.15) is 28.9 Å². The zero-order valence-electron chi connectivity index (χ0n) is 12.6. The topological polar surface area (TPSA) is 46.9 Å². The molecule has 1 amide bonds. The van der Waals surface area contributed by atoms with Crippen molar-refractivity contribution in [3.05, 3.63) is 82.6 Å². The summed E-state index contributed by atoms with van der Waals surface area (Å²) >= 11 is 3.44. The maximum Gasteiger partial charge on any atom is 0.254 e. The highest BCUT2D eigenvalue weighted by molar-refractivity contribution is 9.10. The molecule has 1 aromatic heterocycles. The van der Waals surface area contributed by atoms with Gasteiger partial charge in [0.25, 0.3) is 5.91 Å². The van der Waals surface area contributed by atoms with E-state index in [2.05, 4.69) is 26.3 Å². The lowest BCUT2D eigenvalue weighted by atomic mass is 10.1. The lowest BCUT2D eigenvalue weighted by molar-refractivity contribution is 0.0940. The summed E-state index contributed by atoms with van der Waals surface area (Å²) in [5, 5.41) is 7.24. The number of rotatable bonds is 4. The molecule has 1 heterocycles. The van der Waals surface area contributed by atoms with Gasteiger partial charge >= 0.3 is 0 Å². The smallest absolute Gasteiger partial charge is 0.254 e. The molecule has 3 aromatic rings. The Morgan fingerprint density at radius 2 is 1.96 bits per heavy atom. The molecule has 0 aliphatic rings. The van der Waals surface area contributed by atoms with Crippen molar-refractivity contribution in [3.63, 3.8) is 0 Å². The number of carbonyl (C=O) groups excluding carboxylic acids is 1. The Hall–Kier alpha value is -2.40. The second-order valence-corrected chi connectivity index (χ2v) is 6.17. The van der Waals surface area contributed by atoms with Crippen LogP contribution in [0, 0.1) is 0 Å². The highest BCUT2D eigenvalue weighted by Crippen LogP contribution is 2.18. The summed E-state index contributed by atoms with van der Waals surface area (Å²) < 4.78 is 2.69. The third-order valence-electron chi connectivity index (χ3n) is 3.56. The number of para-hydroxylation sites is 1. The van der Waals surface area contributed by atoms with E-state index in [4.69, 9.17) is 0 Å². The normalized spacial score (nSPS) is 11.9. The first-order valence-electron chi connectivity index (χ1n) is 7.30. The van der Waals surface area contributed by atoms with Crippen molar-refractivity contribution in [2.75, 3.05) is 0 Å². The summed E-state index contributed by atoms with van der Waals surface area (Å²) in [5.41, 5.74) is 2.51. The number of nitrogens with zero attached hydrogens (tertiary/aromatic N) is 2. The first-order chi connectivity index (χ1) is 11.1. The molecule has 2 aromatic carbocycles. The minimum atomic E-state index is -0.139. The first kappa shape index (κ1) is 15.5. The highest BCUT2D eigenvalue weighted by Gasteiger charge is 2.13. The number of halogens is 1. The maximum atomic E-state index is 12.4. The largest absolute Gasteiger partial charge is 0.345 e. The number of aromatic nitrogens is 2. The first-order valence-corrected chi connectivity index (χ1v) is 8.09. The third-order valence-corrected chi connectivity index (χ3v) is 4.06. The molecule has 0 spiro atoms. The van der Waals surface area contributed by atoms with E-state index in [1.54, 1.807) is 17.1 Å². The van der Waals surface area contributed by atoms with Gasteiger partial charge < -0.3 is 5.32 Å². The van der Waals surface area contributed by atoms with E-state index < -0.39 is 0 Å². The minimum Gasteiger partial charge on any atom is -0.345 e. The van der Waals surface area contributed by atoms with Crippen LogP contribution in [0.5, 0.6) is 0 Å². The maximum absolute atomic E-state index is 12.4. The van der Waals surface area contributed by atoms with Gasteiger partial charge in [0.15, 0.2) is 0 Å². The van der Waals surface area contributed by atoms with E-state index in [0.717, 1.165) is 15.7 Å². The molecule has 0 saturated heterocycles. The standard InChI is InChI=1S/C18H16BrN3O/c1-13(14-6-5-7-16(19)10-14)21-18(23)15-11-20-22(12-15)17-8-3-2-4-9-17/h2-13H,1H3,(H,21,23). The zero-order chi connectivity index (χ0) is 16.2. The van der Waals surface area contributed by atoms with Crippen LogP contribution in [0.2, 0.25) is 0 Å². The van der Waals surface area contributed by atoms with E-state index in [-0.39, 0.29) is 11.9 Å². The number of amides is 1. The van der Waals surface area contributed by atoms with Gasteiger partial charge in [0.2, 0.25) is 0 Å². The fraction of sp³-hybridized carbons (Fsp3) is 0.111. The predicted molar refractivity (Wildman–Crippen MR) is 93.6 cm³/mol. The lowest BCUT2D eigenvalue weighted by Gasteiger charge is -2.13. The van der Waals surface area contributed by atoms with Gasteiger partial charge in [-0.05, 0) is 36.8 Å². The number of benzene rings is 2. The van der Waals surface area contributed by atoms with Gasteiger partial charge in [0.1, 0.15) is 0 Å². The van der Waals surface area contributed by atoms with Crippen LogP contribution < -0.4 is 5.32 Å². The molecule has 0 bridgehead atoms. The molecule has 1 N–H and O–H groups in total. The van der Waals surface area contributed by atoms with Crippen molar-refractivity contribution in [2.24, 2.45) is 0 Å². The molecule has 1 atom stereocenters. The van der Waals surface area contributed by atoms with Gasteiger partial charge in [-0.2, -0.15) is 5.10 Å². The van der Waals surface area contributed by atoms with Crippen molar-refractivity contribution in [3.8, 4) is 5.69 Å². The zero-order valence-corrected chi connectivity index (χ0v) is 14.2. The quantitative estimate of drug-likeness (QED) is 0.751. The third kappa shape index (κ3) is 3.68. The number of hydrogen-bond acceptors (Lipinski definition) is 2. The fourth-order valence-corrected chi connectivity index (χ4v) is 2.72.